The number of ether oxygens (including phenoxy) is 1. The number of halogens is 3. The second kappa shape index (κ2) is 7.39. The second-order valence-corrected chi connectivity index (χ2v) is 7.59. The van der Waals surface area contributed by atoms with Crippen molar-refractivity contribution in [2.45, 2.75) is 33.5 Å². The molecule has 2 aromatic carbocycles. The number of nitrogens with zero attached hydrogens (tertiary/aromatic N) is 2. The fourth-order valence-electron chi connectivity index (χ4n) is 2.96. The molecule has 0 spiro atoms. The first-order valence-electron chi connectivity index (χ1n) is 9.00. The van der Waals surface area contributed by atoms with Crippen molar-refractivity contribution < 1.29 is 22.7 Å². The lowest BCUT2D eigenvalue weighted by molar-refractivity contribution is -0.168. The predicted molar refractivity (Wildman–Crippen MR) is 105 cm³/mol. The van der Waals surface area contributed by atoms with Gasteiger partial charge in [-0.25, -0.2) is 0 Å². The molecule has 0 unspecified atom stereocenters. The summed E-state index contributed by atoms with van der Waals surface area (Å²) in [5.41, 5.74) is 2.18. The topological polar surface area (TPSA) is 44.1 Å². The lowest BCUT2D eigenvalue weighted by Gasteiger charge is -2.23. The number of carbonyl (C=O) groups excluding carboxylic acids is 1. The Bertz CT molecular complexity index is 1070. The van der Waals surface area contributed by atoms with Gasteiger partial charge in [0.2, 0.25) is 5.76 Å². The van der Waals surface area contributed by atoms with Crippen LogP contribution in [0.4, 0.5) is 13.2 Å². The number of aryl methyl sites for hydroxylation is 1. The third-order valence-corrected chi connectivity index (χ3v) is 4.58. The van der Waals surface area contributed by atoms with E-state index < -0.39 is 23.3 Å². The second-order valence-electron chi connectivity index (χ2n) is 7.59. The molecule has 0 bridgehead atoms. The first-order chi connectivity index (χ1) is 13.5. The Labute approximate surface area is 166 Å². The van der Waals surface area contributed by atoms with E-state index in [9.17, 15) is 18.0 Å². The quantitative estimate of drug-likeness (QED) is 0.409. The number of alkyl halides is 3. The van der Waals surface area contributed by atoms with E-state index in [4.69, 9.17) is 0 Å². The maximum atomic E-state index is 12.7. The highest BCUT2D eigenvalue weighted by atomic mass is 19.4. The minimum absolute atomic E-state index is 0.0454. The molecule has 0 radical (unpaired) electrons. The van der Waals surface area contributed by atoms with Crippen LogP contribution in [0.15, 0.2) is 60.9 Å². The SMILES string of the molecule is C=C(OC(=O)C(C)(C)Cn1nc(-c2ccccc2)c2ccc(C)cc21)C(F)(F)F. The van der Waals surface area contributed by atoms with Gasteiger partial charge in [0.25, 0.3) is 0 Å². The van der Waals surface area contributed by atoms with E-state index in [-0.39, 0.29) is 6.54 Å². The third kappa shape index (κ3) is 4.34. The van der Waals surface area contributed by atoms with Gasteiger partial charge in [0.15, 0.2) is 0 Å². The Morgan fingerprint density at radius 1 is 1.14 bits per heavy atom. The van der Waals surface area contributed by atoms with Crippen molar-refractivity contribution in [3.63, 3.8) is 0 Å². The Balaban J connectivity index is 1.98. The molecule has 0 atom stereocenters. The number of benzene rings is 2. The van der Waals surface area contributed by atoms with Crippen molar-refractivity contribution in [1.82, 2.24) is 9.78 Å². The van der Waals surface area contributed by atoms with E-state index in [1.807, 2.05) is 55.5 Å². The Hall–Kier alpha value is -3.09. The van der Waals surface area contributed by atoms with Crippen LogP contribution in [0, 0.1) is 12.3 Å². The molecule has 3 rings (SSSR count). The van der Waals surface area contributed by atoms with Gasteiger partial charge < -0.3 is 4.74 Å². The molecule has 7 heteroatoms. The molecule has 29 heavy (non-hydrogen) atoms. The van der Waals surface area contributed by atoms with Gasteiger partial charge in [0.1, 0.15) is 5.69 Å². The molecule has 4 nitrogen and oxygen atoms in total. The van der Waals surface area contributed by atoms with Gasteiger partial charge in [-0.05, 0) is 32.4 Å². The van der Waals surface area contributed by atoms with Crippen LogP contribution < -0.4 is 0 Å². The zero-order chi connectivity index (χ0) is 21.4. The molecule has 1 heterocycles. The Morgan fingerprint density at radius 3 is 2.41 bits per heavy atom. The number of hydrogen-bond acceptors (Lipinski definition) is 3. The average molecular weight is 402 g/mol. The summed E-state index contributed by atoms with van der Waals surface area (Å²) < 4.78 is 44.1. The first-order valence-corrected chi connectivity index (χ1v) is 9.00. The maximum Gasteiger partial charge on any atom is 0.449 e. The summed E-state index contributed by atoms with van der Waals surface area (Å²) in [6.07, 6.45) is -4.79. The molecule has 0 aliphatic heterocycles. The fourth-order valence-corrected chi connectivity index (χ4v) is 2.96. The van der Waals surface area contributed by atoms with Gasteiger partial charge in [0.05, 0.1) is 17.5 Å². The molecule has 0 saturated carbocycles. The van der Waals surface area contributed by atoms with Gasteiger partial charge in [-0.3, -0.25) is 9.48 Å². The number of carbonyl (C=O) groups is 1. The van der Waals surface area contributed by atoms with E-state index >= 15 is 0 Å². The van der Waals surface area contributed by atoms with Gasteiger partial charge in [-0.15, -0.1) is 0 Å². The number of allylic oxidation sites excluding steroid dienone is 1. The molecule has 152 valence electrons. The Morgan fingerprint density at radius 2 is 1.79 bits per heavy atom. The van der Waals surface area contributed by atoms with Gasteiger partial charge >= 0.3 is 12.1 Å². The minimum Gasteiger partial charge on any atom is -0.422 e. The summed E-state index contributed by atoms with van der Waals surface area (Å²) in [7, 11) is 0. The Kier molecular flexibility index (Phi) is 5.26. The number of fused-ring (bicyclic) bond motifs is 1. The number of esters is 1. The highest BCUT2D eigenvalue weighted by molar-refractivity contribution is 5.93. The van der Waals surface area contributed by atoms with Crippen LogP contribution in [0.2, 0.25) is 0 Å². The number of rotatable bonds is 5. The average Bonchev–Trinajstić information content (AvgIpc) is 2.98. The highest BCUT2D eigenvalue weighted by Gasteiger charge is 2.39. The molecule has 3 aromatic rings. The largest absolute Gasteiger partial charge is 0.449 e. The van der Waals surface area contributed by atoms with Crippen molar-refractivity contribution in [3.05, 3.63) is 66.4 Å². The van der Waals surface area contributed by atoms with Crippen LogP contribution in [-0.2, 0) is 16.1 Å². The zero-order valence-electron chi connectivity index (χ0n) is 16.4. The number of aromatic nitrogens is 2. The molecule has 0 amide bonds. The summed E-state index contributed by atoms with van der Waals surface area (Å²) in [5, 5.41) is 5.55. The lowest BCUT2D eigenvalue weighted by atomic mass is 9.93. The van der Waals surface area contributed by atoms with Gasteiger partial charge in [0, 0.05) is 10.9 Å². The molecular weight excluding hydrogens is 381 g/mol. The van der Waals surface area contributed by atoms with Crippen LogP contribution in [0.25, 0.3) is 22.2 Å². The molecule has 1 aromatic heterocycles. The van der Waals surface area contributed by atoms with Crippen LogP contribution in [-0.4, -0.2) is 21.9 Å². The summed E-state index contributed by atoms with van der Waals surface area (Å²) >= 11 is 0. The van der Waals surface area contributed by atoms with Crippen molar-refractivity contribution in [2.75, 3.05) is 0 Å². The van der Waals surface area contributed by atoms with E-state index in [0.717, 1.165) is 27.7 Å². The molecule has 0 fully saturated rings. The van der Waals surface area contributed by atoms with E-state index in [1.165, 1.54) is 13.8 Å². The monoisotopic (exact) mass is 402 g/mol. The molecule has 0 N–H and O–H groups in total. The standard InChI is InChI=1S/C22H21F3N2O2/c1-14-10-11-17-18(12-14)27(26-19(17)16-8-6-5-7-9-16)13-21(3,4)20(28)29-15(2)22(23,24)25/h5-12H,2,13H2,1,3-4H3. The third-order valence-electron chi connectivity index (χ3n) is 4.58. The van der Waals surface area contributed by atoms with E-state index in [0.29, 0.717) is 0 Å². The van der Waals surface area contributed by atoms with Gasteiger partial charge in [-0.1, -0.05) is 49.0 Å². The summed E-state index contributed by atoms with van der Waals surface area (Å²) in [6.45, 7) is 7.82. The maximum absolute atomic E-state index is 12.7. The van der Waals surface area contributed by atoms with E-state index in [2.05, 4.69) is 16.4 Å². The molecule has 0 saturated heterocycles. The summed E-state index contributed by atoms with van der Waals surface area (Å²) in [5.74, 6) is -2.54. The van der Waals surface area contributed by atoms with E-state index in [1.54, 1.807) is 4.68 Å². The predicted octanol–water partition coefficient (Wildman–Crippen LogP) is 5.66. The smallest absolute Gasteiger partial charge is 0.422 e. The van der Waals surface area contributed by atoms with Crippen LogP contribution in [0.1, 0.15) is 19.4 Å². The van der Waals surface area contributed by atoms with Crippen molar-refractivity contribution in [1.29, 1.82) is 0 Å². The summed E-state index contributed by atoms with van der Waals surface area (Å²) in [6, 6.07) is 15.4. The van der Waals surface area contributed by atoms with Crippen LogP contribution in [0.3, 0.4) is 0 Å². The lowest BCUT2D eigenvalue weighted by Crippen LogP contribution is -2.33. The van der Waals surface area contributed by atoms with Crippen LogP contribution in [0.5, 0.6) is 0 Å². The van der Waals surface area contributed by atoms with Crippen molar-refractivity contribution in [2.24, 2.45) is 5.41 Å². The number of hydrogen-bond donors (Lipinski definition) is 0. The normalized spacial score (nSPS) is 12.2. The molecule has 0 aliphatic rings. The van der Waals surface area contributed by atoms with Crippen molar-refractivity contribution in [3.8, 4) is 11.3 Å². The molecule has 0 aliphatic carbocycles. The zero-order valence-corrected chi connectivity index (χ0v) is 16.4. The summed E-state index contributed by atoms with van der Waals surface area (Å²) in [4.78, 5) is 12.4. The minimum atomic E-state index is -4.79. The van der Waals surface area contributed by atoms with Gasteiger partial charge in [-0.2, -0.15) is 18.3 Å². The van der Waals surface area contributed by atoms with Crippen molar-refractivity contribution >= 4 is 16.9 Å². The first kappa shape index (κ1) is 20.6. The van der Waals surface area contributed by atoms with Crippen LogP contribution >= 0.6 is 0 Å². The molecular formula is C22H21F3N2O2. The highest BCUT2D eigenvalue weighted by Crippen LogP contribution is 2.32. The fraction of sp³-hybridized carbons (Fsp3) is 0.273.